The zero-order valence-corrected chi connectivity index (χ0v) is 13.0. The van der Waals surface area contributed by atoms with Gasteiger partial charge in [0.25, 0.3) is 5.91 Å². The minimum atomic E-state index is -0.383. The van der Waals surface area contributed by atoms with Gasteiger partial charge in [0.2, 0.25) is 5.91 Å². The summed E-state index contributed by atoms with van der Waals surface area (Å²) in [7, 11) is 0. The van der Waals surface area contributed by atoms with Crippen molar-refractivity contribution >= 4 is 11.8 Å². The highest BCUT2D eigenvalue weighted by atomic mass is 16.3. The molecule has 0 saturated heterocycles. The van der Waals surface area contributed by atoms with Crippen LogP contribution >= 0.6 is 0 Å². The van der Waals surface area contributed by atoms with E-state index in [1.165, 1.54) is 17.4 Å². The number of hydrogen-bond acceptors (Lipinski definition) is 3. The summed E-state index contributed by atoms with van der Waals surface area (Å²) in [6.07, 6.45) is 2.39. The molecule has 2 N–H and O–H groups in total. The van der Waals surface area contributed by atoms with E-state index < -0.39 is 0 Å². The third kappa shape index (κ3) is 3.97. The van der Waals surface area contributed by atoms with Gasteiger partial charge in [-0.25, -0.2) is 0 Å². The van der Waals surface area contributed by atoms with Gasteiger partial charge in [-0.3, -0.25) is 20.4 Å². The van der Waals surface area contributed by atoms with E-state index >= 15 is 0 Å². The van der Waals surface area contributed by atoms with Crippen LogP contribution in [0.1, 0.15) is 39.2 Å². The molecular weight excluding hydrogens is 280 g/mol. The lowest BCUT2D eigenvalue weighted by Gasteiger charge is -2.08. The Hall–Kier alpha value is -2.56. The van der Waals surface area contributed by atoms with Gasteiger partial charge in [-0.05, 0) is 44.4 Å². The van der Waals surface area contributed by atoms with Crippen molar-refractivity contribution in [3.05, 3.63) is 58.5 Å². The van der Waals surface area contributed by atoms with Crippen LogP contribution in [0.3, 0.4) is 0 Å². The summed E-state index contributed by atoms with van der Waals surface area (Å²) in [4.78, 5) is 23.6. The zero-order valence-electron chi connectivity index (χ0n) is 13.0. The van der Waals surface area contributed by atoms with Crippen molar-refractivity contribution in [1.82, 2.24) is 10.9 Å². The van der Waals surface area contributed by atoms with Crippen LogP contribution in [-0.4, -0.2) is 11.8 Å². The van der Waals surface area contributed by atoms with Gasteiger partial charge < -0.3 is 4.42 Å². The van der Waals surface area contributed by atoms with Crippen molar-refractivity contribution in [3.8, 4) is 0 Å². The normalized spacial score (nSPS) is 10.3. The van der Waals surface area contributed by atoms with E-state index in [1.54, 1.807) is 13.0 Å². The second-order valence-corrected chi connectivity index (χ2v) is 5.32. The second kappa shape index (κ2) is 6.93. The maximum Gasteiger partial charge on any atom is 0.273 e. The fraction of sp³-hybridized carbons (Fsp3) is 0.294. The molecule has 0 atom stereocenters. The number of hydrogen-bond donors (Lipinski definition) is 2. The molecule has 0 aliphatic rings. The first-order valence-electron chi connectivity index (χ1n) is 7.17. The Morgan fingerprint density at radius 3 is 2.50 bits per heavy atom. The number of nitrogens with one attached hydrogen (secondary N) is 2. The van der Waals surface area contributed by atoms with E-state index in [1.807, 2.05) is 26.0 Å². The molecule has 0 radical (unpaired) electrons. The third-order valence-corrected chi connectivity index (χ3v) is 3.54. The van der Waals surface area contributed by atoms with Crippen LogP contribution in [0.5, 0.6) is 0 Å². The van der Waals surface area contributed by atoms with Gasteiger partial charge in [-0.15, -0.1) is 0 Å². The molecule has 1 aromatic carbocycles. The molecular formula is C17H20N2O3. The van der Waals surface area contributed by atoms with Crippen molar-refractivity contribution < 1.29 is 14.0 Å². The maximum absolute atomic E-state index is 11.8. The molecule has 5 heteroatoms. The number of aryl methyl sites for hydroxylation is 4. The molecule has 1 aromatic heterocycles. The van der Waals surface area contributed by atoms with E-state index in [0.29, 0.717) is 24.2 Å². The van der Waals surface area contributed by atoms with Crippen LogP contribution in [0, 0.1) is 20.8 Å². The Bertz CT molecular complexity index is 689. The first-order chi connectivity index (χ1) is 10.5. The molecule has 0 aliphatic heterocycles. The third-order valence-electron chi connectivity index (χ3n) is 3.54. The summed E-state index contributed by atoms with van der Waals surface area (Å²) in [5.41, 5.74) is 8.73. The Morgan fingerprint density at radius 1 is 1.09 bits per heavy atom. The number of hydrazine groups is 1. The molecule has 0 spiro atoms. The first-order valence-corrected chi connectivity index (χ1v) is 7.17. The number of benzene rings is 1. The molecule has 0 bridgehead atoms. The SMILES string of the molecule is Cc1ccc(CCC(=O)NNC(=O)c2ccoc2C)c(C)c1. The molecule has 1 heterocycles. The number of furan rings is 1. The van der Waals surface area contributed by atoms with E-state index in [2.05, 4.69) is 16.9 Å². The standard InChI is InChI=1S/C17H20N2O3/c1-11-4-5-14(12(2)10-11)6-7-16(20)18-19-17(21)15-8-9-22-13(15)3/h4-5,8-10H,6-7H2,1-3H3,(H,18,20)(H,19,21). The van der Waals surface area contributed by atoms with Crippen LogP contribution in [0.15, 0.2) is 34.9 Å². The molecule has 5 nitrogen and oxygen atoms in total. The van der Waals surface area contributed by atoms with Gasteiger partial charge >= 0.3 is 0 Å². The number of amides is 2. The van der Waals surface area contributed by atoms with Gasteiger partial charge in [0.15, 0.2) is 0 Å². The molecule has 2 amide bonds. The molecule has 0 unspecified atom stereocenters. The largest absolute Gasteiger partial charge is 0.469 e. The lowest BCUT2D eigenvalue weighted by Crippen LogP contribution is -2.41. The molecule has 0 fully saturated rings. The van der Waals surface area contributed by atoms with Gasteiger partial charge in [0, 0.05) is 6.42 Å². The Labute approximate surface area is 129 Å². The predicted molar refractivity (Wildman–Crippen MR) is 83.3 cm³/mol. The first kappa shape index (κ1) is 15.8. The minimum absolute atomic E-state index is 0.227. The number of carbonyl (C=O) groups excluding carboxylic acids is 2. The molecule has 116 valence electrons. The highest BCUT2D eigenvalue weighted by molar-refractivity contribution is 5.96. The summed E-state index contributed by atoms with van der Waals surface area (Å²) in [6.45, 7) is 5.76. The number of rotatable bonds is 4. The van der Waals surface area contributed by atoms with Gasteiger partial charge in [0.05, 0.1) is 11.8 Å². The molecule has 22 heavy (non-hydrogen) atoms. The van der Waals surface area contributed by atoms with E-state index in [-0.39, 0.29) is 11.8 Å². The molecule has 2 aromatic rings. The van der Waals surface area contributed by atoms with Crippen molar-refractivity contribution in [1.29, 1.82) is 0 Å². The fourth-order valence-electron chi connectivity index (χ4n) is 2.25. The summed E-state index contributed by atoms with van der Waals surface area (Å²) < 4.78 is 5.05. The lowest BCUT2D eigenvalue weighted by molar-refractivity contribution is -0.121. The molecule has 0 aliphatic carbocycles. The smallest absolute Gasteiger partial charge is 0.273 e. The fourth-order valence-corrected chi connectivity index (χ4v) is 2.25. The molecule has 2 rings (SSSR count). The summed E-state index contributed by atoms with van der Waals surface area (Å²) in [5.74, 6) is -0.0948. The molecule has 0 saturated carbocycles. The van der Waals surface area contributed by atoms with Crippen LogP contribution < -0.4 is 10.9 Å². The van der Waals surface area contributed by atoms with Crippen LogP contribution in [0.2, 0.25) is 0 Å². The summed E-state index contributed by atoms with van der Waals surface area (Å²) >= 11 is 0. The van der Waals surface area contributed by atoms with Gasteiger partial charge in [0.1, 0.15) is 5.76 Å². The van der Waals surface area contributed by atoms with E-state index in [4.69, 9.17) is 4.42 Å². The Kier molecular flexibility index (Phi) is 4.99. The van der Waals surface area contributed by atoms with Gasteiger partial charge in [-0.2, -0.15) is 0 Å². The maximum atomic E-state index is 11.8. The van der Waals surface area contributed by atoms with Crippen molar-refractivity contribution in [3.63, 3.8) is 0 Å². The number of carbonyl (C=O) groups is 2. The predicted octanol–water partition coefficient (Wildman–Crippen LogP) is 2.60. The topological polar surface area (TPSA) is 71.3 Å². The monoisotopic (exact) mass is 300 g/mol. The summed E-state index contributed by atoms with van der Waals surface area (Å²) in [6, 6.07) is 7.72. The minimum Gasteiger partial charge on any atom is -0.469 e. The van der Waals surface area contributed by atoms with Crippen molar-refractivity contribution in [2.24, 2.45) is 0 Å². The second-order valence-electron chi connectivity index (χ2n) is 5.32. The lowest BCUT2D eigenvalue weighted by atomic mass is 10.0. The van der Waals surface area contributed by atoms with E-state index in [0.717, 1.165) is 5.56 Å². The Balaban J connectivity index is 1.81. The summed E-state index contributed by atoms with van der Waals surface area (Å²) in [5, 5.41) is 0. The quantitative estimate of drug-likeness (QED) is 0.853. The van der Waals surface area contributed by atoms with Crippen LogP contribution in [0.25, 0.3) is 0 Å². The van der Waals surface area contributed by atoms with Crippen molar-refractivity contribution in [2.75, 3.05) is 0 Å². The van der Waals surface area contributed by atoms with Crippen LogP contribution in [0.4, 0.5) is 0 Å². The average Bonchev–Trinajstić information content (AvgIpc) is 2.90. The van der Waals surface area contributed by atoms with Gasteiger partial charge in [-0.1, -0.05) is 23.8 Å². The highest BCUT2D eigenvalue weighted by Crippen LogP contribution is 2.12. The highest BCUT2D eigenvalue weighted by Gasteiger charge is 2.12. The van der Waals surface area contributed by atoms with E-state index in [9.17, 15) is 9.59 Å². The average molecular weight is 300 g/mol. The Morgan fingerprint density at radius 2 is 1.86 bits per heavy atom. The van der Waals surface area contributed by atoms with Crippen molar-refractivity contribution in [2.45, 2.75) is 33.6 Å². The van der Waals surface area contributed by atoms with Crippen LogP contribution in [-0.2, 0) is 11.2 Å². The zero-order chi connectivity index (χ0) is 16.1.